The first-order valence-electron chi connectivity index (χ1n) is 6.13. The minimum atomic E-state index is -2.81. The summed E-state index contributed by atoms with van der Waals surface area (Å²) in [6.07, 6.45) is 7.65. The smallest absolute Gasteiger partial charge is 0.154 e. The van der Waals surface area contributed by atoms with Crippen LogP contribution in [0, 0.1) is 0 Å². The second kappa shape index (κ2) is 4.83. The minimum absolute atomic E-state index is 0.0350. The van der Waals surface area contributed by atoms with Gasteiger partial charge in [-0.2, -0.15) is 0 Å². The minimum Gasteiger partial charge on any atom is -0.313 e. The highest BCUT2D eigenvalue weighted by molar-refractivity contribution is 7.92. The lowest BCUT2D eigenvalue weighted by Crippen LogP contribution is -2.32. The third-order valence-corrected chi connectivity index (χ3v) is 5.72. The second-order valence-corrected chi connectivity index (χ2v) is 7.26. The fourth-order valence-corrected chi connectivity index (χ4v) is 4.07. The van der Waals surface area contributed by atoms with E-state index in [-0.39, 0.29) is 5.25 Å². The lowest BCUT2D eigenvalue weighted by Gasteiger charge is -2.21. The first-order valence-corrected chi connectivity index (χ1v) is 7.85. The Labute approximate surface area is 92.6 Å². The average Bonchev–Trinajstić information content (AvgIpc) is 3.03. The summed E-state index contributed by atoms with van der Waals surface area (Å²) in [5.74, 6) is 0.341. The Morgan fingerprint density at radius 3 is 2.27 bits per heavy atom. The fourth-order valence-electron chi connectivity index (χ4n) is 2.28. The van der Waals surface area contributed by atoms with Gasteiger partial charge in [0.2, 0.25) is 0 Å². The van der Waals surface area contributed by atoms with E-state index in [0.29, 0.717) is 18.3 Å². The Hall–Kier alpha value is -0.0900. The van der Waals surface area contributed by atoms with Gasteiger partial charge in [-0.3, -0.25) is 0 Å². The highest BCUT2D eigenvalue weighted by Gasteiger charge is 2.27. The second-order valence-electron chi connectivity index (χ2n) is 4.86. The molecule has 88 valence electrons. The maximum atomic E-state index is 11.9. The van der Waals surface area contributed by atoms with Crippen LogP contribution in [0.4, 0.5) is 0 Å². The van der Waals surface area contributed by atoms with E-state index in [1.54, 1.807) is 0 Å². The largest absolute Gasteiger partial charge is 0.313 e. The van der Waals surface area contributed by atoms with Gasteiger partial charge in [0.15, 0.2) is 9.84 Å². The molecular weight excluding hydrogens is 210 g/mol. The molecule has 0 saturated heterocycles. The van der Waals surface area contributed by atoms with Gasteiger partial charge in [-0.1, -0.05) is 19.3 Å². The predicted octanol–water partition coefficient (Wildman–Crippen LogP) is 1.49. The third-order valence-electron chi connectivity index (χ3n) is 3.46. The van der Waals surface area contributed by atoms with Crippen LogP contribution >= 0.6 is 0 Å². The highest BCUT2D eigenvalue weighted by atomic mass is 32.2. The van der Waals surface area contributed by atoms with E-state index in [1.165, 1.54) is 19.3 Å². The predicted molar refractivity (Wildman–Crippen MR) is 61.7 cm³/mol. The van der Waals surface area contributed by atoms with Crippen molar-refractivity contribution in [3.05, 3.63) is 0 Å². The van der Waals surface area contributed by atoms with Crippen LogP contribution in [-0.2, 0) is 9.84 Å². The van der Waals surface area contributed by atoms with Crippen LogP contribution in [0.3, 0.4) is 0 Å². The molecule has 0 amide bonds. The van der Waals surface area contributed by atoms with E-state index in [4.69, 9.17) is 0 Å². The molecule has 0 spiro atoms. The van der Waals surface area contributed by atoms with Crippen molar-refractivity contribution in [2.75, 3.05) is 12.3 Å². The molecular formula is C11H21NO2S. The van der Waals surface area contributed by atoms with Crippen LogP contribution in [0.25, 0.3) is 0 Å². The van der Waals surface area contributed by atoms with Crippen molar-refractivity contribution >= 4 is 9.84 Å². The Kier molecular flexibility index (Phi) is 3.67. The fraction of sp³-hybridized carbons (Fsp3) is 1.00. The summed E-state index contributed by atoms with van der Waals surface area (Å²) in [4.78, 5) is 0. The van der Waals surface area contributed by atoms with E-state index >= 15 is 0 Å². The highest BCUT2D eigenvalue weighted by Crippen LogP contribution is 2.24. The Bertz CT molecular complexity index is 290. The summed E-state index contributed by atoms with van der Waals surface area (Å²) in [5, 5.41) is 3.24. The first-order chi connectivity index (χ1) is 7.18. The van der Waals surface area contributed by atoms with Crippen molar-refractivity contribution < 1.29 is 8.42 Å². The van der Waals surface area contributed by atoms with Gasteiger partial charge in [0.1, 0.15) is 0 Å². The molecule has 2 saturated carbocycles. The molecule has 0 bridgehead atoms. The molecule has 0 aromatic carbocycles. The molecule has 0 atom stereocenters. The molecule has 2 rings (SSSR count). The van der Waals surface area contributed by atoms with Crippen LogP contribution < -0.4 is 5.32 Å². The standard InChI is InChI=1S/C11H21NO2S/c13-15(14,9-8-12-10-6-7-10)11-4-2-1-3-5-11/h10-12H,1-9H2. The van der Waals surface area contributed by atoms with Crippen molar-refractivity contribution in [1.82, 2.24) is 5.32 Å². The zero-order valence-electron chi connectivity index (χ0n) is 9.24. The summed E-state index contributed by atoms with van der Waals surface area (Å²) < 4.78 is 23.9. The Morgan fingerprint density at radius 1 is 1.00 bits per heavy atom. The van der Waals surface area contributed by atoms with E-state index in [2.05, 4.69) is 5.32 Å². The van der Waals surface area contributed by atoms with Crippen LogP contribution in [0.5, 0.6) is 0 Å². The van der Waals surface area contributed by atoms with E-state index < -0.39 is 9.84 Å². The van der Waals surface area contributed by atoms with E-state index in [9.17, 15) is 8.42 Å². The molecule has 0 aliphatic heterocycles. The van der Waals surface area contributed by atoms with Crippen molar-refractivity contribution in [3.63, 3.8) is 0 Å². The van der Waals surface area contributed by atoms with Gasteiger partial charge >= 0.3 is 0 Å². The summed E-state index contributed by atoms with van der Waals surface area (Å²) in [6, 6.07) is 0.617. The van der Waals surface area contributed by atoms with Crippen molar-refractivity contribution in [2.24, 2.45) is 0 Å². The maximum absolute atomic E-state index is 11.9. The zero-order chi connectivity index (χ0) is 10.7. The molecule has 0 aromatic heterocycles. The van der Waals surface area contributed by atoms with Crippen LogP contribution in [0.15, 0.2) is 0 Å². The number of hydrogen-bond acceptors (Lipinski definition) is 3. The first kappa shape index (κ1) is 11.4. The van der Waals surface area contributed by atoms with Gasteiger partial charge in [-0.25, -0.2) is 8.42 Å². The Balaban J connectivity index is 1.76. The lowest BCUT2D eigenvalue weighted by molar-refractivity contribution is 0.482. The molecule has 1 N–H and O–H groups in total. The topological polar surface area (TPSA) is 46.2 Å². The normalized spacial score (nSPS) is 24.3. The monoisotopic (exact) mass is 231 g/mol. The molecule has 0 radical (unpaired) electrons. The average molecular weight is 231 g/mol. The molecule has 2 aliphatic carbocycles. The SMILES string of the molecule is O=S(=O)(CCNC1CC1)C1CCCCC1. The number of nitrogens with one attached hydrogen (secondary N) is 1. The van der Waals surface area contributed by atoms with E-state index in [1.807, 2.05) is 0 Å². The van der Waals surface area contributed by atoms with Gasteiger partial charge in [-0.05, 0) is 25.7 Å². The van der Waals surface area contributed by atoms with Gasteiger partial charge in [0.05, 0.1) is 11.0 Å². The molecule has 0 heterocycles. The van der Waals surface area contributed by atoms with Crippen molar-refractivity contribution in [2.45, 2.75) is 56.2 Å². The zero-order valence-corrected chi connectivity index (χ0v) is 10.1. The molecule has 15 heavy (non-hydrogen) atoms. The van der Waals surface area contributed by atoms with Crippen LogP contribution in [0.2, 0.25) is 0 Å². The molecule has 4 heteroatoms. The number of sulfone groups is 1. The van der Waals surface area contributed by atoms with Crippen LogP contribution in [-0.4, -0.2) is 32.0 Å². The molecule has 2 fully saturated rings. The summed E-state index contributed by atoms with van der Waals surface area (Å²) in [6.45, 7) is 0.656. The Morgan fingerprint density at radius 2 is 1.67 bits per heavy atom. The summed E-state index contributed by atoms with van der Waals surface area (Å²) >= 11 is 0. The van der Waals surface area contributed by atoms with Gasteiger partial charge in [-0.15, -0.1) is 0 Å². The molecule has 0 aromatic rings. The van der Waals surface area contributed by atoms with Crippen LogP contribution in [0.1, 0.15) is 44.9 Å². The summed E-state index contributed by atoms with van der Waals surface area (Å²) in [7, 11) is -2.81. The molecule has 3 nitrogen and oxygen atoms in total. The van der Waals surface area contributed by atoms with E-state index in [0.717, 1.165) is 25.7 Å². The molecule has 2 aliphatic rings. The lowest BCUT2D eigenvalue weighted by atomic mass is 10.0. The van der Waals surface area contributed by atoms with Gasteiger partial charge in [0.25, 0.3) is 0 Å². The van der Waals surface area contributed by atoms with Crippen molar-refractivity contribution in [3.8, 4) is 0 Å². The number of rotatable bonds is 5. The van der Waals surface area contributed by atoms with Crippen molar-refractivity contribution in [1.29, 1.82) is 0 Å². The summed E-state index contributed by atoms with van der Waals surface area (Å²) in [5.41, 5.74) is 0. The molecule has 0 unspecified atom stereocenters. The van der Waals surface area contributed by atoms with Gasteiger partial charge in [0, 0.05) is 12.6 Å². The third kappa shape index (κ3) is 3.45. The van der Waals surface area contributed by atoms with Gasteiger partial charge < -0.3 is 5.32 Å². The quantitative estimate of drug-likeness (QED) is 0.779. The number of hydrogen-bond donors (Lipinski definition) is 1. The maximum Gasteiger partial charge on any atom is 0.154 e.